The maximum atomic E-state index is 12.1. The van der Waals surface area contributed by atoms with Crippen LogP contribution in [0.2, 0.25) is 0 Å². The molecule has 2 aromatic heterocycles. The Morgan fingerprint density at radius 3 is 2.59 bits per heavy atom. The Morgan fingerprint density at radius 1 is 1.35 bits per heavy atom. The van der Waals surface area contributed by atoms with E-state index < -0.39 is 5.92 Å². The normalized spacial score (nSPS) is 11.8. The van der Waals surface area contributed by atoms with Gasteiger partial charge in [-0.15, -0.1) is 11.3 Å². The molecule has 0 amide bonds. The summed E-state index contributed by atoms with van der Waals surface area (Å²) in [6.07, 6.45) is 3.16. The second kappa shape index (κ2) is 5.21. The number of carbonyl (C=O) groups is 1. The van der Waals surface area contributed by atoms with Gasteiger partial charge in [-0.1, -0.05) is 0 Å². The Labute approximate surface area is 111 Å². The van der Waals surface area contributed by atoms with Gasteiger partial charge in [0.05, 0.1) is 14.7 Å². The quantitative estimate of drug-likeness (QED) is 0.817. The number of nitrogens with zero attached hydrogens (tertiary/aromatic N) is 2. The summed E-state index contributed by atoms with van der Waals surface area (Å²) in [4.78, 5) is 16.6. The molecule has 17 heavy (non-hydrogen) atoms. The zero-order valence-electron chi connectivity index (χ0n) is 8.63. The van der Waals surface area contributed by atoms with E-state index in [1.165, 1.54) is 11.3 Å². The van der Waals surface area contributed by atoms with Crippen molar-refractivity contribution in [3.05, 3.63) is 50.9 Å². The summed E-state index contributed by atoms with van der Waals surface area (Å²) in [7, 11) is 0. The van der Waals surface area contributed by atoms with E-state index in [0.29, 0.717) is 10.4 Å². The molecule has 0 fully saturated rings. The molecular weight excluding hydrogens is 300 g/mol. The van der Waals surface area contributed by atoms with Gasteiger partial charge in [0.25, 0.3) is 0 Å². The van der Waals surface area contributed by atoms with Crippen LogP contribution in [0.1, 0.15) is 21.2 Å². The zero-order valence-corrected chi connectivity index (χ0v) is 11.0. The maximum Gasteiger partial charge on any atom is 0.194 e. The van der Waals surface area contributed by atoms with Crippen LogP contribution < -0.4 is 0 Å². The predicted molar refractivity (Wildman–Crippen MR) is 68.9 cm³/mol. The summed E-state index contributed by atoms with van der Waals surface area (Å²) >= 11 is 4.64. The molecule has 84 valence electrons. The Morgan fingerprint density at radius 2 is 2.06 bits per heavy atom. The van der Waals surface area contributed by atoms with Gasteiger partial charge in [-0.2, -0.15) is 5.26 Å². The third kappa shape index (κ3) is 2.60. The van der Waals surface area contributed by atoms with Crippen LogP contribution in [-0.4, -0.2) is 10.8 Å². The minimum atomic E-state index is -0.761. The topological polar surface area (TPSA) is 53.8 Å². The SMILES string of the molecule is N#CC(C(=O)c1ccc(Br)s1)c1ccncc1. The van der Waals surface area contributed by atoms with E-state index in [1.807, 2.05) is 6.07 Å². The Hall–Kier alpha value is -1.51. The number of aromatic nitrogens is 1. The molecule has 0 N–H and O–H groups in total. The van der Waals surface area contributed by atoms with Crippen molar-refractivity contribution in [1.29, 1.82) is 5.26 Å². The molecule has 0 radical (unpaired) electrons. The van der Waals surface area contributed by atoms with Crippen LogP contribution in [0.4, 0.5) is 0 Å². The molecule has 0 spiro atoms. The molecule has 0 bridgehead atoms. The second-order valence-electron chi connectivity index (χ2n) is 3.31. The first-order valence-corrected chi connectivity index (χ1v) is 6.42. The smallest absolute Gasteiger partial charge is 0.194 e. The number of hydrogen-bond donors (Lipinski definition) is 0. The van der Waals surface area contributed by atoms with Crippen molar-refractivity contribution in [1.82, 2.24) is 4.98 Å². The number of ketones is 1. The number of halogens is 1. The van der Waals surface area contributed by atoms with Gasteiger partial charge >= 0.3 is 0 Å². The molecule has 0 aromatic carbocycles. The van der Waals surface area contributed by atoms with Crippen LogP contribution in [0, 0.1) is 11.3 Å². The number of hydrogen-bond acceptors (Lipinski definition) is 4. The average Bonchev–Trinajstić information content (AvgIpc) is 2.78. The zero-order chi connectivity index (χ0) is 12.3. The molecule has 0 aliphatic carbocycles. The van der Waals surface area contributed by atoms with Crippen molar-refractivity contribution in [2.45, 2.75) is 5.92 Å². The first-order valence-electron chi connectivity index (χ1n) is 4.81. The number of rotatable bonds is 3. The fourth-order valence-electron chi connectivity index (χ4n) is 1.43. The molecule has 2 rings (SSSR count). The molecule has 5 heteroatoms. The van der Waals surface area contributed by atoms with Gasteiger partial charge in [0.2, 0.25) is 0 Å². The number of nitriles is 1. The van der Waals surface area contributed by atoms with Crippen LogP contribution in [0.5, 0.6) is 0 Å². The van der Waals surface area contributed by atoms with Crippen LogP contribution in [0.15, 0.2) is 40.4 Å². The average molecular weight is 307 g/mol. The van der Waals surface area contributed by atoms with Crippen molar-refractivity contribution < 1.29 is 4.79 Å². The summed E-state index contributed by atoms with van der Waals surface area (Å²) in [6, 6.07) is 8.95. The molecule has 1 unspecified atom stereocenters. The van der Waals surface area contributed by atoms with Gasteiger partial charge in [0.1, 0.15) is 5.92 Å². The molecule has 0 saturated heterocycles. The lowest BCUT2D eigenvalue weighted by Crippen LogP contribution is -2.09. The number of carbonyl (C=O) groups excluding carboxylic acids is 1. The summed E-state index contributed by atoms with van der Waals surface area (Å²) in [5.74, 6) is -0.932. The van der Waals surface area contributed by atoms with Crippen molar-refractivity contribution in [2.24, 2.45) is 0 Å². The molecule has 1 atom stereocenters. The summed E-state index contributed by atoms with van der Waals surface area (Å²) in [6.45, 7) is 0. The number of thiophene rings is 1. The lowest BCUT2D eigenvalue weighted by atomic mass is 9.96. The highest BCUT2D eigenvalue weighted by molar-refractivity contribution is 9.11. The molecule has 0 aliphatic heterocycles. The number of Topliss-reactive ketones (excluding diaryl/α,β-unsaturated/α-hetero) is 1. The first kappa shape index (κ1) is 12.0. The minimum Gasteiger partial charge on any atom is -0.291 e. The third-order valence-electron chi connectivity index (χ3n) is 2.25. The van der Waals surface area contributed by atoms with E-state index >= 15 is 0 Å². The van der Waals surface area contributed by atoms with Gasteiger partial charge in [0.15, 0.2) is 5.78 Å². The van der Waals surface area contributed by atoms with Crippen LogP contribution >= 0.6 is 27.3 Å². The van der Waals surface area contributed by atoms with Crippen LogP contribution in [-0.2, 0) is 0 Å². The summed E-state index contributed by atoms with van der Waals surface area (Å²) in [5.41, 5.74) is 0.678. The highest BCUT2D eigenvalue weighted by Gasteiger charge is 2.22. The van der Waals surface area contributed by atoms with Gasteiger partial charge in [-0.3, -0.25) is 9.78 Å². The van der Waals surface area contributed by atoms with Gasteiger partial charge in [0, 0.05) is 12.4 Å². The van der Waals surface area contributed by atoms with E-state index in [9.17, 15) is 4.79 Å². The van der Waals surface area contributed by atoms with Gasteiger partial charge < -0.3 is 0 Å². The highest BCUT2D eigenvalue weighted by Crippen LogP contribution is 2.27. The van der Waals surface area contributed by atoms with Crippen molar-refractivity contribution in [3.63, 3.8) is 0 Å². The van der Waals surface area contributed by atoms with E-state index in [0.717, 1.165) is 3.79 Å². The largest absolute Gasteiger partial charge is 0.291 e. The van der Waals surface area contributed by atoms with Crippen molar-refractivity contribution in [3.8, 4) is 6.07 Å². The minimum absolute atomic E-state index is 0.172. The van der Waals surface area contributed by atoms with Crippen molar-refractivity contribution >= 4 is 33.0 Å². The van der Waals surface area contributed by atoms with E-state index in [1.54, 1.807) is 36.7 Å². The first-order chi connectivity index (χ1) is 8.22. The fraction of sp³-hybridized carbons (Fsp3) is 0.0833. The predicted octanol–water partition coefficient (Wildman–Crippen LogP) is 3.40. The maximum absolute atomic E-state index is 12.1. The van der Waals surface area contributed by atoms with Crippen LogP contribution in [0.3, 0.4) is 0 Å². The van der Waals surface area contributed by atoms with Crippen molar-refractivity contribution in [2.75, 3.05) is 0 Å². The van der Waals surface area contributed by atoms with E-state index in [4.69, 9.17) is 5.26 Å². The molecular formula is C12H7BrN2OS. The van der Waals surface area contributed by atoms with E-state index in [-0.39, 0.29) is 5.78 Å². The third-order valence-corrected chi connectivity index (χ3v) is 3.88. The molecule has 2 aromatic rings. The summed E-state index contributed by atoms with van der Waals surface area (Å²) < 4.78 is 0.882. The Kier molecular flexibility index (Phi) is 3.67. The Bertz CT molecular complexity index is 574. The highest BCUT2D eigenvalue weighted by atomic mass is 79.9. The molecule has 0 aliphatic rings. The Balaban J connectivity index is 2.32. The fourth-order valence-corrected chi connectivity index (χ4v) is 2.79. The lowest BCUT2D eigenvalue weighted by molar-refractivity contribution is 0.0983. The lowest BCUT2D eigenvalue weighted by Gasteiger charge is -2.05. The van der Waals surface area contributed by atoms with Crippen LogP contribution in [0.25, 0.3) is 0 Å². The monoisotopic (exact) mass is 306 g/mol. The molecule has 3 nitrogen and oxygen atoms in total. The second-order valence-corrected chi connectivity index (χ2v) is 5.77. The van der Waals surface area contributed by atoms with Gasteiger partial charge in [-0.25, -0.2) is 0 Å². The molecule has 2 heterocycles. The van der Waals surface area contributed by atoms with Gasteiger partial charge in [-0.05, 0) is 45.8 Å². The van der Waals surface area contributed by atoms with E-state index in [2.05, 4.69) is 20.9 Å². The number of pyridine rings is 1. The summed E-state index contributed by atoms with van der Waals surface area (Å²) in [5, 5.41) is 9.12. The molecule has 0 saturated carbocycles. The standard InChI is InChI=1S/C12H7BrN2OS/c13-11-2-1-10(17-11)12(16)9(7-14)8-3-5-15-6-4-8/h1-6,9H.